The minimum atomic E-state index is -1.08. The number of thiazole rings is 1. The second-order valence-electron chi connectivity index (χ2n) is 4.81. The van der Waals surface area contributed by atoms with Crippen LogP contribution in [0.15, 0.2) is 23.6 Å². The topological polar surface area (TPSA) is 88.5 Å². The van der Waals surface area contributed by atoms with Crippen LogP contribution in [-0.4, -0.2) is 34.6 Å². The van der Waals surface area contributed by atoms with Crippen LogP contribution in [0.4, 0.5) is 4.39 Å². The second kappa shape index (κ2) is 8.07. The van der Waals surface area contributed by atoms with Gasteiger partial charge in [-0.2, -0.15) is 0 Å². The molecule has 1 aromatic carbocycles. The van der Waals surface area contributed by atoms with Crippen molar-refractivity contribution < 1.29 is 23.8 Å². The van der Waals surface area contributed by atoms with Gasteiger partial charge in [-0.25, -0.2) is 14.2 Å². The summed E-state index contributed by atoms with van der Waals surface area (Å²) in [6, 6.07) is 3.64. The van der Waals surface area contributed by atoms with Crippen LogP contribution in [0.2, 0.25) is 5.02 Å². The number of benzene rings is 1. The van der Waals surface area contributed by atoms with Crippen LogP contribution in [0.25, 0.3) is 0 Å². The maximum Gasteiger partial charge on any atom is 0.355 e. The van der Waals surface area contributed by atoms with Crippen molar-refractivity contribution in [3.8, 4) is 5.75 Å². The lowest BCUT2D eigenvalue weighted by molar-refractivity contribution is -0.127. The fourth-order valence-corrected chi connectivity index (χ4v) is 2.76. The number of carboxylic acid groups (broad SMARTS) is 1. The van der Waals surface area contributed by atoms with Crippen molar-refractivity contribution in [2.45, 2.75) is 19.4 Å². The van der Waals surface area contributed by atoms with Gasteiger partial charge in [0.15, 0.2) is 11.8 Å². The molecule has 0 aliphatic carbocycles. The van der Waals surface area contributed by atoms with Gasteiger partial charge in [0.25, 0.3) is 5.91 Å². The van der Waals surface area contributed by atoms with Gasteiger partial charge in [0.2, 0.25) is 0 Å². The van der Waals surface area contributed by atoms with E-state index in [4.69, 9.17) is 21.4 Å². The molecule has 0 aliphatic rings. The third kappa shape index (κ3) is 4.90. The van der Waals surface area contributed by atoms with Gasteiger partial charge in [-0.05, 0) is 25.1 Å². The number of nitrogens with zero attached hydrogens (tertiary/aromatic N) is 1. The van der Waals surface area contributed by atoms with Crippen LogP contribution >= 0.6 is 22.9 Å². The summed E-state index contributed by atoms with van der Waals surface area (Å²) in [5, 5.41) is 13.6. The maximum absolute atomic E-state index is 13.0. The molecule has 0 radical (unpaired) electrons. The van der Waals surface area contributed by atoms with E-state index in [1.54, 1.807) is 6.92 Å². The van der Waals surface area contributed by atoms with E-state index in [0.717, 1.165) is 6.07 Å². The molecule has 0 bridgehead atoms. The number of carbonyl (C=O) groups excluding carboxylic acids is 1. The molecule has 0 fully saturated rings. The average Bonchev–Trinajstić information content (AvgIpc) is 2.99. The van der Waals surface area contributed by atoms with E-state index in [9.17, 15) is 14.0 Å². The summed E-state index contributed by atoms with van der Waals surface area (Å²) in [4.78, 5) is 26.6. The van der Waals surface area contributed by atoms with E-state index in [2.05, 4.69) is 10.3 Å². The first-order valence-corrected chi connectivity index (χ1v) is 8.19. The highest BCUT2D eigenvalue weighted by molar-refractivity contribution is 7.09. The van der Waals surface area contributed by atoms with Crippen LogP contribution in [0, 0.1) is 5.82 Å². The van der Waals surface area contributed by atoms with Gasteiger partial charge < -0.3 is 15.2 Å². The summed E-state index contributed by atoms with van der Waals surface area (Å²) in [7, 11) is 0. The van der Waals surface area contributed by atoms with Crippen LogP contribution in [-0.2, 0) is 11.2 Å². The monoisotopic (exact) mass is 372 g/mol. The quantitative estimate of drug-likeness (QED) is 0.780. The summed E-state index contributed by atoms with van der Waals surface area (Å²) in [5.41, 5.74) is -0.0102. The van der Waals surface area contributed by atoms with Crippen molar-refractivity contribution in [3.63, 3.8) is 0 Å². The Morgan fingerprint density at radius 2 is 2.25 bits per heavy atom. The Kier molecular flexibility index (Phi) is 6.10. The maximum atomic E-state index is 13.0. The summed E-state index contributed by atoms with van der Waals surface area (Å²) in [6.07, 6.45) is -0.410. The highest BCUT2D eigenvalue weighted by Gasteiger charge is 2.16. The Bertz CT molecular complexity index is 753. The van der Waals surface area contributed by atoms with Crippen molar-refractivity contribution in [1.82, 2.24) is 10.3 Å². The first kappa shape index (κ1) is 18.2. The predicted molar refractivity (Wildman–Crippen MR) is 87.3 cm³/mol. The molecule has 128 valence electrons. The molecule has 1 heterocycles. The minimum Gasteiger partial charge on any atom is -0.479 e. The van der Waals surface area contributed by atoms with Gasteiger partial charge >= 0.3 is 5.97 Å². The molecule has 1 atom stereocenters. The molecule has 0 saturated heterocycles. The fourth-order valence-electron chi connectivity index (χ4n) is 1.78. The molecular weight excluding hydrogens is 359 g/mol. The molecule has 0 aliphatic heterocycles. The molecule has 1 amide bonds. The largest absolute Gasteiger partial charge is 0.479 e. The molecule has 0 spiro atoms. The lowest BCUT2D eigenvalue weighted by Crippen LogP contribution is -2.37. The minimum absolute atomic E-state index is 0.0102. The fraction of sp³-hybridized carbons (Fsp3) is 0.267. The van der Waals surface area contributed by atoms with Crippen LogP contribution in [0.1, 0.15) is 22.4 Å². The Labute approximate surface area is 146 Å². The number of carboxylic acids is 1. The smallest absolute Gasteiger partial charge is 0.355 e. The summed E-state index contributed by atoms with van der Waals surface area (Å²) >= 11 is 7.06. The number of aromatic carboxylic acids is 1. The number of hydrogen-bond donors (Lipinski definition) is 2. The number of nitrogens with one attached hydrogen (secondary N) is 1. The summed E-state index contributed by atoms with van der Waals surface area (Å²) in [5.74, 6) is -1.73. The second-order valence-corrected chi connectivity index (χ2v) is 6.16. The van der Waals surface area contributed by atoms with Crippen molar-refractivity contribution >= 4 is 34.8 Å². The number of aromatic nitrogens is 1. The number of amides is 1. The first-order chi connectivity index (χ1) is 11.4. The molecule has 2 N–H and O–H groups in total. The molecule has 1 unspecified atom stereocenters. The molecule has 0 saturated carbocycles. The number of hydrogen-bond acceptors (Lipinski definition) is 5. The third-order valence-electron chi connectivity index (χ3n) is 2.98. The highest BCUT2D eigenvalue weighted by Crippen LogP contribution is 2.25. The number of carbonyl (C=O) groups is 2. The molecule has 6 nitrogen and oxygen atoms in total. The van der Waals surface area contributed by atoms with Crippen LogP contribution in [0.5, 0.6) is 5.75 Å². The van der Waals surface area contributed by atoms with Gasteiger partial charge in [-0.3, -0.25) is 4.79 Å². The Balaban J connectivity index is 1.81. The Morgan fingerprint density at radius 3 is 2.88 bits per heavy atom. The van der Waals surface area contributed by atoms with E-state index < -0.39 is 17.9 Å². The molecule has 24 heavy (non-hydrogen) atoms. The van der Waals surface area contributed by atoms with Gasteiger partial charge in [-0.1, -0.05) is 11.6 Å². The SMILES string of the molecule is CC(Oc1ccc(F)cc1Cl)C(=O)NCCc1nc(C(=O)O)cs1. The van der Waals surface area contributed by atoms with Gasteiger partial charge in [0.1, 0.15) is 11.6 Å². The number of halogens is 2. The zero-order valence-electron chi connectivity index (χ0n) is 12.6. The normalized spacial score (nSPS) is 11.8. The number of ether oxygens (including phenoxy) is 1. The average molecular weight is 373 g/mol. The predicted octanol–water partition coefficient (Wildman–Crippen LogP) is 2.76. The molecule has 9 heteroatoms. The zero-order valence-corrected chi connectivity index (χ0v) is 14.2. The standard InChI is InChI=1S/C15H14ClFN2O4S/c1-8(23-12-3-2-9(17)6-10(12)16)14(20)18-5-4-13-19-11(7-24-13)15(21)22/h2-3,6-8H,4-5H2,1H3,(H,18,20)(H,21,22). The van der Waals surface area contributed by atoms with E-state index >= 15 is 0 Å². The lowest BCUT2D eigenvalue weighted by Gasteiger charge is -2.15. The van der Waals surface area contributed by atoms with Gasteiger partial charge in [-0.15, -0.1) is 11.3 Å². The Hall–Kier alpha value is -2.19. The van der Waals surface area contributed by atoms with Crippen LogP contribution < -0.4 is 10.1 Å². The van der Waals surface area contributed by atoms with E-state index in [1.807, 2.05) is 0 Å². The first-order valence-electron chi connectivity index (χ1n) is 6.94. The lowest BCUT2D eigenvalue weighted by atomic mass is 10.3. The summed E-state index contributed by atoms with van der Waals surface area (Å²) < 4.78 is 18.4. The number of rotatable bonds is 7. The van der Waals surface area contributed by atoms with E-state index in [-0.39, 0.29) is 28.9 Å². The third-order valence-corrected chi connectivity index (χ3v) is 4.18. The molecule has 2 rings (SSSR count). The van der Waals surface area contributed by atoms with Crippen molar-refractivity contribution in [2.75, 3.05) is 6.54 Å². The molecule has 2 aromatic rings. The van der Waals surface area contributed by atoms with Crippen LogP contribution in [0.3, 0.4) is 0 Å². The molecule has 1 aromatic heterocycles. The highest BCUT2D eigenvalue weighted by atomic mass is 35.5. The molecular formula is C15H14ClFN2O4S. The van der Waals surface area contributed by atoms with Gasteiger partial charge in [0.05, 0.1) is 10.0 Å². The van der Waals surface area contributed by atoms with Gasteiger partial charge in [0, 0.05) is 18.3 Å². The van der Waals surface area contributed by atoms with Crippen molar-refractivity contribution in [3.05, 3.63) is 45.1 Å². The van der Waals surface area contributed by atoms with E-state index in [1.165, 1.54) is 28.8 Å². The summed E-state index contributed by atoms with van der Waals surface area (Å²) in [6.45, 7) is 1.83. The van der Waals surface area contributed by atoms with Crippen molar-refractivity contribution in [1.29, 1.82) is 0 Å². The Morgan fingerprint density at radius 1 is 1.50 bits per heavy atom. The van der Waals surface area contributed by atoms with E-state index in [0.29, 0.717) is 11.4 Å². The zero-order chi connectivity index (χ0) is 17.7. The van der Waals surface area contributed by atoms with Crippen molar-refractivity contribution in [2.24, 2.45) is 0 Å².